The molecule has 1 saturated carbocycles. The van der Waals surface area contributed by atoms with Gasteiger partial charge in [-0.25, -0.2) is 4.99 Å². The fraction of sp³-hybridized carbons (Fsp3) is 0.588. The van der Waals surface area contributed by atoms with Crippen molar-refractivity contribution >= 4 is 35.3 Å². The van der Waals surface area contributed by atoms with E-state index in [0.29, 0.717) is 18.6 Å². The molecule has 11 heteroatoms. The van der Waals surface area contributed by atoms with Gasteiger partial charge in [-0.15, -0.1) is 0 Å². The zero-order valence-electron chi connectivity index (χ0n) is 27.2. The van der Waals surface area contributed by atoms with Crippen LogP contribution in [0.4, 0.5) is 0 Å². The Balaban J connectivity index is 1.75. The van der Waals surface area contributed by atoms with Crippen molar-refractivity contribution in [2.75, 3.05) is 7.11 Å². The first-order chi connectivity index (χ1) is 21.5. The van der Waals surface area contributed by atoms with Crippen LogP contribution in [0.3, 0.4) is 0 Å². The number of nitrogens with zero attached hydrogens (tertiary/aromatic N) is 1. The molecular weight excluding hydrogens is 592 g/mol. The predicted molar refractivity (Wildman–Crippen MR) is 180 cm³/mol. The molecule has 10 nitrogen and oxygen atoms in total. The normalized spacial score (nSPS) is 19.4. The van der Waals surface area contributed by atoms with Crippen molar-refractivity contribution in [1.29, 1.82) is 0 Å². The summed E-state index contributed by atoms with van der Waals surface area (Å²) in [6.45, 7) is 6.31. The number of nitrogens with one attached hydrogen (secondary N) is 3. The third kappa shape index (κ3) is 11.1. The van der Waals surface area contributed by atoms with Gasteiger partial charge in [0.2, 0.25) is 11.8 Å². The van der Waals surface area contributed by atoms with Crippen molar-refractivity contribution in [3.8, 4) is 5.75 Å². The van der Waals surface area contributed by atoms with Crippen LogP contribution in [-0.2, 0) is 16.1 Å². The van der Waals surface area contributed by atoms with E-state index < -0.39 is 18.0 Å². The lowest BCUT2D eigenvalue weighted by molar-refractivity contribution is -0.131. The number of halogens is 1. The molecule has 0 radical (unpaired) electrons. The van der Waals surface area contributed by atoms with Crippen molar-refractivity contribution in [3.63, 3.8) is 0 Å². The van der Waals surface area contributed by atoms with Gasteiger partial charge in [-0.05, 0) is 73.8 Å². The second-order valence-electron chi connectivity index (χ2n) is 12.5. The minimum Gasteiger partial charge on any atom is -0.496 e. The number of carbonyl (C=O) groups is 3. The van der Waals surface area contributed by atoms with Gasteiger partial charge in [-0.1, -0.05) is 70.2 Å². The molecule has 1 aromatic carbocycles. The first-order valence-electron chi connectivity index (χ1n) is 16.2. The Morgan fingerprint density at radius 1 is 1.09 bits per heavy atom. The number of ether oxygens (including phenoxy) is 1. The molecule has 0 spiro atoms. The third-order valence-electron chi connectivity index (χ3n) is 8.37. The van der Waals surface area contributed by atoms with Gasteiger partial charge in [0, 0.05) is 17.0 Å². The molecule has 0 heterocycles. The number of unbranched alkanes of at least 4 members (excludes halogenated alkanes) is 1. The van der Waals surface area contributed by atoms with E-state index in [1.165, 1.54) is 12.7 Å². The maximum atomic E-state index is 13.8. The number of methoxy groups -OCH3 is 1. The molecule has 0 aromatic heterocycles. The molecule has 45 heavy (non-hydrogen) atoms. The second kappa shape index (κ2) is 17.8. The van der Waals surface area contributed by atoms with E-state index in [1.54, 1.807) is 18.2 Å². The van der Waals surface area contributed by atoms with Crippen molar-refractivity contribution in [2.24, 2.45) is 28.3 Å². The summed E-state index contributed by atoms with van der Waals surface area (Å²) >= 11 is 6.37. The van der Waals surface area contributed by atoms with E-state index in [4.69, 9.17) is 27.8 Å². The van der Waals surface area contributed by atoms with Crippen LogP contribution < -0.4 is 32.2 Å². The van der Waals surface area contributed by atoms with Gasteiger partial charge in [0.1, 0.15) is 17.8 Å². The lowest BCUT2D eigenvalue weighted by atomic mass is 9.78. The number of hydrogen-bond donors (Lipinski definition) is 5. The third-order valence-corrected chi connectivity index (χ3v) is 8.67. The number of aliphatic imine (C=N–C) groups is 1. The van der Waals surface area contributed by atoms with Crippen molar-refractivity contribution < 1.29 is 19.1 Å². The topological polar surface area (TPSA) is 161 Å². The van der Waals surface area contributed by atoms with Crippen LogP contribution >= 0.6 is 11.6 Å². The molecule has 1 fully saturated rings. The van der Waals surface area contributed by atoms with Crippen LogP contribution in [0.5, 0.6) is 5.75 Å². The second-order valence-corrected chi connectivity index (χ2v) is 13.0. The van der Waals surface area contributed by atoms with E-state index in [9.17, 15) is 14.4 Å². The summed E-state index contributed by atoms with van der Waals surface area (Å²) in [7, 11) is 1.47. The average molecular weight is 643 g/mol. The van der Waals surface area contributed by atoms with E-state index >= 15 is 0 Å². The Bertz CT molecular complexity index is 1270. The Kier molecular flexibility index (Phi) is 14.2. The van der Waals surface area contributed by atoms with Gasteiger partial charge in [0.15, 0.2) is 5.96 Å². The summed E-state index contributed by atoms with van der Waals surface area (Å²) in [6, 6.07) is 3.47. The molecule has 248 valence electrons. The smallest absolute Gasteiger partial charge is 0.255 e. The molecule has 0 saturated heterocycles. The summed E-state index contributed by atoms with van der Waals surface area (Å²) in [6.07, 6.45) is 12.5. The zero-order chi connectivity index (χ0) is 32.9. The van der Waals surface area contributed by atoms with E-state index in [-0.39, 0.29) is 47.8 Å². The van der Waals surface area contributed by atoms with Gasteiger partial charge in [0.25, 0.3) is 5.91 Å². The molecule has 3 amide bonds. The quantitative estimate of drug-likeness (QED) is 0.136. The molecule has 1 aromatic rings. The first kappa shape index (κ1) is 35.9. The number of carbonyl (C=O) groups excluding carboxylic acids is 3. The molecule has 2 aliphatic carbocycles. The molecule has 3 rings (SSSR count). The monoisotopic (exact) mass is 642 g/mol. The number of allylic oxidation sites excluding steroid dienone is 3. The molecule has 2 aliphatic rings. The number of amides is 3. The summed E-state index contributed by atoms with van der Waals surface area (Å²) in [5, 5.41) is 10.0. The number of guanidine groups is 1. The summed E-state index contributed by atoms with van der Waals surface area (Å²) in [5.74, 6) is -0.356. The SMILES string of the molecule is CCCC[C@H](NC(=O)c1ccc(CN=C(N)N)cc1OC)C(=O)N[C@@H](CC(C)C)C(=O)N[C@@H]1CCCC[C@H]1C1=CCCC(Cl)=C1. The van der Waals surface area contributed by atoms with Crippen molar-refractivity contribution in [1.82, 2.24) is 16.0 Å². The molecular formula is C34H51ClN6O4. The van der Waals surface area contributed by atoms with E-state index in [2.05, 4.69) is 33.1 Å². The van der Waals surface area contributed by atoms with Crippen LogP contribution in [0.25, 0.3) is 0 Å². The van der Waals surface area contributed by atoms with Crippen LogP contribution in [-0.4, -0.2) is 48.9 Å². The van der Waals surface area contributed by atoms with Crippen LogP contribution in [0.1, 0.15) is 101 Å². The molecule has 7 N–H and O–H groups in total. The standard InChI is InChI=1S/C34H51ClN6O4/c1-5-6-13-28(40-31(42)26-16-15-22(18-30(26)45-4)20-38-34(36)37)32(43)41-29(17-21(2)3)33(44)39-27-14-8-7-12-25(27)23-10-9-11-24(35)19-23/h10,15-16,18-19,21,25,27-29H,5-9,11-14,17,20H2,1-4H3,(H,39,44)(H,40,42)(H,41,43)(H4,36,37,38)/t25-,27+,28-,29-/m0/s1. The maximum Gasteiger partial charge on any atom is 0.255 e. The van der Waals surface area contributed by atoms with Gasteiger partial charge in [-0.2, -0.15) is 0 Å². The highest BCUT2D eigenvalue weighted by Crippen LogP contribution is 2.35. The maximum absolute atomic E-state index is 13.8. The van der Waals surface area contributed by atoms with Gasteiger partial charge in [-0.3, -0.25) is 14.4 Å². The molecule has 0 bridgehead atoms. The van der Waals surface area contributed by atoms with E-state index in [1.807, 2.05) is 20.8 Å². The lowest BCUT2D eigenvalue weighted by Gasteiger charge is -2.35. The molecule has 0 unspecified atom stereocenters. The van der Waals surface area contributed by atoms with Crippen LogP contribution in [0.2, 0.25) is 0 Å². The predicted octanol–water partition coefficient (Wildman–Crippen LogP) is 4.81. The summed E-state index contributed by atoms with van der Waals surface area (Å²) in [5.41, 5.74) is 13.1. The van der Waals surface area contributed by atoms with E-state index in [0.717, 1.165) is 62.0 Å². The minimum absolute atomic E-state index is 0.0270. The minimum atomic E-state index is -0.826. The largest absolute Gasteiger partial charge is 0.496 e. The van der Waals surface area contributed by atoms with Crippen molar-refractivity contribution in [2.45, 2.75) is 110 Å². The number of rotatable bonds is 15. The summed E-state index contributed by atoms with van der Waals surface area (Å²) < 4.78 is 5.47. The van der Waals surface area contributed by atoms with Crippen LogP contribution in [0.15, 0.2) is 45.9 Å². The fourth-order valence-corrected chi connectivity index (χ4v) is 6.26. The Morgan fingerprint density at radius 3 is 2.51 bits per heavy atom. The number of hydrogen-bond acceptors (Lipinski definition) is 5. The number of benzene rings is 1. The van der Waals surface area contributed by atoms with Gasteiger partial charge >= 0.3 is 0 Å². The Morgan fingerprint density at radius 2 is 1.84 bits per heavy atom. The van der Waals surface area contributed by atoms with Gasteiger partial charge < -0.3 is 32.2 Å². The lowest BCUT2D eigenvalue weighted by Crippen LogP contribution is -2.56. The van der Waals surface area contributed by atoms with Crippen LogP contribution in [0, 0.1) is 11.8 Å². The Hall–Kier alpha value is -3.53. The first-order valence-corrected chi connectivity index (χ1v) is 16.6. The Labute approximate surface area is 272 Å². The number of nitrogens with two attached hydrogens (primary N) is 2. The average Bonchev–Trinajstić information content (AvgIpc) is 3.01. The fourth-order valence-electron chi connectivity index (χ4n) is 6.03. The summed E-state index contributed by atoms with van der Waals surface area (Å²) in [4.78, 5) is 44.9. The zero-order valence-corrected chi connectivity index (χ0v) is 27.9. The molecule has 0 aliphatic heterocycles. The highest BCUT2D eigenvalue weighted by atomic mass is 35.5. The highest BCUT2D eigenvalue weighted by Gasteiger charge is 2.33. The molecule has 4 atom stereocenters. The van der Waals surface area contributed by atoms with Gasteiger partial charge in [0.05, 0.1) is 19.2 Å². The highest BCUT2D eigenvalue weighted by molar-refractivity contribution is 6.29. The van der Waals surface area contributed by atoms with Crippen molar-refractivity contribution in [3.05, 3.63) is 52.1 Å².